The van der Waals surface area contributed by atoms with Gasteiger partial charge in [0.2, 0.25) is 5.60 Å². The van der Waals surface area contributed by atoms with Crippen LogP contribution in [0, 0.1) is 11.3 Å². The summed E-state index contributed by atoms with van der Waals surface area (Å²) in [7, 11) is 0. The van der Waals surface area contributed by atoms with Crippen molar-refractivity contribution < 1.29 is 27.9 Å². The monoisotopic (exact) mass is 428 g/mol. The van der Waals surface area contributed by atoms with Gasteiger partial charge in [-0.15, -0.1) is 0 Å². The second-order valence-corrected chi connectivity index (χ2v) is 6.70. The lowest BCUT2D eigenvalue weighted by Crippen LogP contribution is -2.42. The molecule has 1 aliphatic heterocycles. The molecule has 1 unspecified atom stereocenters. The summed E-state index contributed by atoms with van der Waals surface area (Å²) in [6, 6.07) is 8.70. The first-order valence-corrected chi connectivity index (χ1v) is 8.31. The lowest BCUT2D eigenvalue weighted by Gasteiger charge is -2.28. The normalized spacial score (nSPS) is 18.9. The molecule has 28 heavy (non-hydrogen) atoms. The summed E-state index contributed by atoms with van der Waals surface area (Å²) in [4.78, 5) is 16.1. The van der Waals surface area contributed by atoms with Gasteiger partial charge in [-0.2, -0.15) is 18.4 Å². The molecule has 2 aromatic carbocycles. The van der Waals surface area contributed by atoms with E-state index in [9.17, 15) is 18.0 Å². The fraction of sp³-hybridized carbons (Fsp3) is 0.111. The van der Waals surface area contributed by atoms with Crippen molar-refractivity contribution >= 4 is 34.9 Å². The maximum absolute atomic E-state index is 13.9. The van der Waals surface area contributed by atoms with E-state index in [2.05, 4.69) is 5.48 Å². The molecular weight excluding hydrogens is 420 g/mol. The van der Waals surface area contributed by atoms with Crippen LogP contribution in [0.1, 0.15) is 27.0 Å². The molecular formula is C18H9Cl2F3N2O3. The molecule has 0 amide bonds. The highest BCUT2D eigenvalue weighted by Gasteiger charge is 2.59. The van der Waals surface area contributed by atoms with Gasteiger partial charge in [0.1, 0.15) is 6.07 Å². The van der Waals surface area contributed by atoms with E-state index < -0.39 is 17.7 Å². The molecule has 0 bridgehead atoms. The molecule has 1 heterocycles. The number of nitrogens with one attached hydrogen (secondary N) is 1. The van der Waals surface area contributed by atoms with Crippen molar-refractivity contribution in [2.45, 2.75) is 11.8 Å². The van der Waals surface area contributed by atoms with Crippen LogP contribution in [0.25, 0.3) is 5.70 Å². The van der Waals surface area contributed by atoms with E-state index in [0.29, 0.717) is 0 Å². The SMILES string of the molecule is N#Cc1cc(C2=CC(c3cc(Cl)cc(Cl)c3)(C(F)(F)F)ON2)ccc1C(=O)O. The van der Waals surface area contributed by atoms with Crippen LogP contribution in [0.4, 0.5) is 13.2 Å². The molecule has 2 N–H and O–H groups in total. The minimum Gasteiger partial charge on any atom is -0.478 e. The highest BCUT2D eigenvalue weighted by atomic mass is 35.5. The number of benzene rings is 2. The van der Waals surface area contributed by atoms with Gasteiger partial charge < -0.3 is 5.11 Å². The first-order valence-electron chi connectivity index (χ1n) is 7.55. The van der Waals surface area contributed by atoms with Gasteiger partial charge in [-0.05, 0) is 36.4 Å². The molecule has 0 aliphatic carbocycles. The van der Waals surface area contributed by atoms with E-state index in [1.807, 2.05) is 0 Å². The number of nitrogens with zero attached hydrogens (tertiary/aromatic N) is 1. The predicted octanol–water partition coefficient (Wildman–Crippen LogP) is 4.90. The maximum atomic E-state index is 13.9. The van der Waals surface area contributed by atoms with Crippen molar-refractivity contribution in [1.82, 2.24) is 5.48 Å². The summed E-state index contributed by atoms with van der Waals surface area (Å²) in [5, 5.41) is 18.2. The lowest BCUT2D eigenvalue weighted by molar-refractivity contribution is -0.269. The first kappa shape index (κ1) is 20.0. The number of alkyl halides is 3. The molecule has 0 saturated heterocycles. The van der Waals surface area contributed by atoms with Crippen molar-refractivity contribution in [3.63, 3.8) is 0 Å². The fourth-order valence-electron chi connectivity index (χ4n) is 2.74. The minimum atomic E-state index is -4.88. The van der Waals surface area contributed by atoms with Gasteiger partial charge in [0.15, 0.2) is 0 Å². The summed E-state index contributed by atoms with van der Waals surface area (Å²) >= 11 is 11.7. The molecule has 1 aliphatic rings. The van der Waals surface area contributed by atoms with Gasteiger partial charge in [0.05, 0.1) is 16.8 Å². The Bertz CT molecular complexity index is 1030. The number of hydroxylamine groups is 1. The van der Waals surface area contributed by atoms with Crippen molar-refractivity contribution in [3.05, 3.63) is 74.8 Å². The van der Waals surface area contributed by atoms with E-state index in [1.165, 1.54) is 12.1 Å². The molecule has 0 saturated carbocycles. The highest BCUT2D eigenvalue weighted by Crippen LogP contribution is 2.48. The number of hydrogen-bond acceptors (Lipinski definition) is 4. The van der Waals surface area contributed by atoms with Crippen LogP contribution in [0.15, 0.2) is 42.5 Å². The number of nitriles is 1. The smallest absolute Gasteiger partial charge is 0.428 e. The number of carboxylic acids is 1. The molecule has 3 rings (SSSR count). The third kappa shape index (κ3) is 3.40. The zero-order valence-electron chi connectivity index (χ0n) is 13.6. The van der Waals surface area contributed by atoms with Gasteiger partial charge >= 0.3 is 12.1 Å². The minimum absolute atomic E-state index is 0.00541. The Labute approximate surface area is 166 Å². The summed E-state index contributed by atoms with van der Waals surface area (Å²) < 4.78 is 41.8. The van der Waals surface area contributed by atoms with Gasteiger partial charge in [0, 0.05) is 21.2 Å². The summed E-state index contributed by atoms with van der Waals surface area (Å²) in [6.45, 7) is 0. The number of rotatable bonds is 3. The molecule has 10 heteroatoms. The zero-order chi connectivity index (χ0) is 20.7. The Morgan fingerprint density at radius 2 is 1.82 bits per heavy atom. The maximum Gasteiger partial charge on any atom is 0.428 e. The molecule has 144 valence electrons. The Balaban J connectivity index is 2.15. The topological polar surface area (TPSA) is 82.3 Å². The van der Waals surface area contributed by atoms with Crippen LogP contribution >= 0.6 is 23.2 Å². The van der Waals surface area contributed by atoms with E-state index in [1.54, 1.807) is 6.07 Å². The van der Waals surface area contributed by atoms with Gasteiger partial charge in [0.25, 0.3) is 0 Å². The van der Waals surface area contributed by atoms with Crippen LogP contribution < -0.4 is 5.48 Å². The molecule has 1 atom stereocenters. The summed E-state index contributed by atoms with van der Waals surface area (Å²) in [5.74, 6) is -1.33. The van der Waals surface area contributed by atoms with Crippen LogP contribution in [0.3, 0.4) is 0 Å². The Kier molecular flexibility index (Phi) is 5.02. The fourth-order valence-corrected chi connectivity index (χ4v) is 3.27. The van der Waals surface area contributed by atoms with Crippen LogP contribution in [-0.4, -0.2) is 17.3 Å². The number of aromatic carboxylic acids is 1. The molecule has 2 aromatic rings. The number of carboxylic acid groups (broad SMARTS) is 1. The second kappa shape index (κ2) is 7.02. The third-order valence-electron chi connectivity index (χ3n) is 4.06. The quantitative estimate of drug-likeness (QED) is 0.726. The molecule has 0 aromatic heterocycles. The summed E-state index contributed by atoms with van der Waals surface area (Å²) in [5.41, 5.74) is -1.45. The van der Waals surface area contributed by atoms with Crippen molar-refractivity contribution in [1.29, 1.82) is 5.26 Å². The van der Waals surface area contributed by atoms with E-state index >= 15 is 0 Å². The largest absolute Gasteiger partial charge is 0.478 e. The van der Waals surface area contributed by atoms with Crippen molar-refractivity contribution in [3.8, 4) is 6.07 Å². The first-order chi connectivity index (χ1) is 13.1. The van der Waals surface area contributed by atoms with Crippen LogP contribution in [-0.2, 0) is 10.4 Å². The molecule has 5 nitrogen and oxygen atoms in total. The number of carbonyl (C=O) groups is 1. The molecule has 0 fully saturated rings. The van der Waals surface area contributed by atoms with Gasteiger partial charge in [-0.1, -0.05) is 29.3 Å². The van der Waals surface area contributed by atoms with Gasteiger partial charge in [-0.25, -0.2) is 4.79 Å². The number of hydrogen-bond donors (Lipinski definition) is 2. The standard InChI is InChI=1S/C18H9Cl2F3N2O3/c19-12-4-11(5-13(20)6-12)17(18(21,22)23)7-15(25-28-17)9-1-2-14(16(26)27)10(3-9)8-24/h1-7,25H,(H,26,27). The van der Waals surface area contributed by atoms with E-state index in [4.69, 9.17) is 38.4 Å². The zero-order valence-corrected chi connectivity index (χ0v) is 15.2. The number of halogens is 5. The highest BCUT2D eigenvalue weighted by molar-refractivity contribution is 6.34. The van der Waals surface area contributed by atoms with Crippen LogP contribution in [0.2, 0.25) is 10.0 Å². The van der Waals surface area contributed by atoms with Crippen molar-refractivity contribution in [2.24, 2.45) is 0 Å². The molecule has 0 radical (unpaired) electrons. The van der Waals surface area contributed by atoms with E-state index in [-0.39, 0.29) is 38.0 Å². The van der Waals surface area contributed by atoms with Crippen LogP contribution in [0.5, 0.6) is 0 Å². The Morgan fingerprint density at radius 1 is 1.18 bits per heavy atom. The summed E-state index contributed by atoms with van der Waals surface area (Å²) in [6.07, 6.45) is -4.10. The lowest BCUT2D eigenvalue weighted by atomic mass is 9.91. The van der Waals surface area contributed by atoms with Crippen molar-refractivity contribution in [2.75, 3.05) is 0 Å². The average Bonchev–Trinajstić information content (AvgIpc) is 3.07. The third-order valence-corrected chi connectivity index (χ3v) is 4.50. The predicted molar refractivity (Wildman–Crippen MR) is 94.5 cm³/mol. The van der Waals surface area contributed by atoms with E-state index in [0.717, 1.165) is 30.3 Å². The Morgan fingerprint density at radius 3 is 2.36 bits per heavy atom. The van der Waals surface area contributed by atoms with Gasteiger partial charge in [-0.3, -0.25) is 10.3 Å². The second-order valence-electron chi connectivity index (χ2n) is 5.83. The average molecular weight is 429 g/mol. The Hall–Kier alpha value is -2.73. The molecule has 0 spiro atoms.